The van der Waals surface area contributed by atoms with Crippen molar-refractivity contribution in [2.24, 2.45) is 0 Å². The van der Waals surface area contributed by atoms with Gasteiger partial charge in [-0.25, -0.2) is 9.78 Å². The Labute approximate surface area is 123 Å². The molecule has 1 N–H and O–H groups in total. The van der Waals surface area contributed by atoms with E-state index in [1.54, 1.807) is 18.9 Å². The van der Waals surface area contributed by atoms with Gasteiger partial charge in [-0.15, -0.1) is 11.8 Å². The van der Waals surface area contributed by atoms with Gasteiger partial charge in [-0.1, -0.05) is 0 Å². The summed E-state index contributed by atoms with van der Waals surface area (Å²) in [6.45, 7) is 3.74. The highest BCUT2D eigenvalue weighted by atomic mass is 32.2. The average Bonchev–Trinajstić information content (AvgIpc) is 2.37. The van der Waals surface area contributed by atoms with Crippen molar-refractivity contribution in [3.63, 3.8) is 0 Å². The lowest BCUT2D eigenvalue weighted by Gasteiger charge is -2.27. The number of nitrogens with zero attached hydrogens (tertiary/aromatic N) is 1. The summed E-state index contributed by atoms with van der Waals surface area (Å²) in [5.74, 6) is -0.892. The lowest BCUT2D eigenvalue weighted by molar-refractivity contribution is 0.0691. The summed E-state index contributed by atoms with van der Waals surface area (Å²) in [7, 11) is 1.75. The number of methoxy groups -OCH3 is 1. The summed E-state index contributed by atoms with van der Waals surface area (Å²) in [4.78, 5) is 15.9. The molecule has 1 fully saturated rings. The number of carboxylic acid groups (broad SMARTS) is 1. The van der Waals surface area contributed by atoms with E-state index >= 15 is 0 Å². The largest absolute Gasteiger partial charge is 0.478 e. The lowest BCUT2D eigenvalue weighted by Crippen LogP contribution is -2.23. The topological polar surface area (TPSA) is 59.4 Å². The van der Waals surface area contributed by atoms with Gasteiger partial charge in [0.05, 0.1) is 11.7 Å². The molecular weight excluding hydrogens is 274 g/mol. The normalized spacial score (nSPS) is 22.8. The van der Waals surface area contributed by atoms with Gasteiger partial charge in [-0.05, 0) is 51.2 Å². The van der Waals surface area contributed by atoms with Gasteiger partial charge in [-0.3, -0.25) is 0 Å². The monoisotopic (exact) mass is 295 g/mol. The Morgan fingerprint density at radius 2 is 2.20 bits per heavy atom. The number of aryl methyl sites for hydroxylation is 2. The van der Waals surface area contributed by atoms with E-state index in [0.717, 1.165) is 36.9 Å². The fourth-order valence-electron chi connectivity index (χ4n) is 2.73. The molecule has 0 amide bonds. The van der Waals surface area contributed by atoms with Crippen LogP contribution in [0.3, 0.4) is 0 Å². The summed E-state index contributed by atoms with van der Waals surface area (Å²) in [5.41, 5.74) is 2.00. The molecule has 1 aromatic rings. The fourth-order valence-corrected chi connectivity index (χ4v) is 4.20. The van der Waals surface area contributed by atoms with Crippen LogP contribution in [0.1, 0.15) is 47.3 Å². The molecule has 0 spiro atoms. The van der Waals surface area contributed by atoms with E-state index in [1.165, 1.54) is 0 Å². The number of pyridine rings is 1. The summed E-state index contributed by atoms with van der Waals surface area (Å²) < 4.78 is 5.43. The molecule has 0 radical (unpaired) electrons. The minimum absolute atomic E-state index is 0.292. The number of aromatic nitrogens is 1. The molecule has 2 atom stereocenters. The van der Waals surface area contributed by atoms with Crippen molar-refractivity contribution in [3.05, 3.63) is 22.9 Å². The molecule has 4 nitrogen and oxygen atoms in total. The van der Waals surface area contributed by atoms with Crippen LogP contribution in [0.15, 0.2) is 11.1 Å². The third kappa shape index (κ3) is 3.52. The van der Waals surface area contributed by atoms with Gasteiger partial charge in [0.15, 0.2) is 0 Å². The zero-order valence-corrected chi connectivity index (χ0v) is 13.0. The molecule has 1 aromatic heterocycles. The van der Waals surface area contributed by atoms with E-state index in [-0.39, 0.29) is 0 Å². The first kappa shape index (κ1) is 15.3. The Morgan fingerprint density at radius 1 is 1.45 bits per heavy atom. The van der Waals surface area contributed by atoms with Crippen LogP contribution in [0.5, 0.6) is 0 Å². The number of ether oxygens (including phenoxy) is 1. The highest BCUT2D eigenvalue weighted by Gasteiger charge is 2.25. The maximum absolute atomic E-state index is 11.4. The molecule has 20 heavy (non-hydrogen) atoms. The smallest absolute Gasteiger partial charge is 0.338 e. The van der Waals surface area contributed by atoms with Crippen molar-refractivity contribution in [1.82, 2.24) is 4.98 Å². The maximum Gasteiger partial charge on any atom is 0.338 e. The van der Waals surface area contributed by atoms with Crippen molar-refractivity contribution in [2.75, 3.05) is 7.11 Å². The van der Waals surface area contributed by atoms with Crippen molar-refractivity contribution in [1.29, 1.82) is 0 Å². The number of hydrogen-bond acceptors (Lipinski definition) is 4. The number of thioether (sulfide) groups is 1. The summed E-state index contributed by atoms with van der Waals surface area (Å²) >= 11 is 1.59. The average molecular weight is 295 g/mol. The molecule has 2 rings (SSSR count). The van der Waals surface area contributed by atoms with E-state index in [2.05, 4.69) is 4.98 Å². The summed E-state index contributed by atoms with van der Waals surface area (Å²) in [5, 5.41) is 10.4. The number of hydrogen-bond donors (Lipinski definition) is 1. The Morgan fingerprint density at radius 3 is 2.85 bits per heavy atom. The van der Waals surface area contributed by atoms with Crippen LogP contribution < -0.4 is 0 Å². The highest BCUT2D eigenvalue weighted by molar-refractivity contribution is 7.99. The van der Waals surface area contributed by atoms with E-state index < -0.39 is 5.97 Å². The predicted molar refractivity (Wildman–Crippen MR) is 79.6 cm³/mol. The summed E-state index contributed by atoms with van der Waals surface area (Å²) in [6.07, 6.45) is 4.58. The molecule has 1 aliphatic carbocycles. The fraction of sp³-hybridized carbons (Fsp3) is 0.600. The molecule has 5 heteroatoms. The second kappa shape index (κ2) is 6.59. The lowest BCUT2D eigenvalue weighted by atomic mass is 9.97. The van der Waals surface area contributed by atoms with Gasteiger partial charge in [0.25, 0.3) is 0 Å². The van der Waals surface area contributed by atoms with Crippen LogP contribution >= 0.6 is 11.8 Å². The Bertz CT molecular complexity index is 504. The van der Waals surface area contributed by atoms with Gasteiger partial charge in [0, 0.05) is 18.1 Å². The molecule has 0 bridgehead atoms. The third-order valence-corrected chi connectivity index (χ3v) is 5.00. The quantitative estimate of drug-likeness (QED) is 0.922. The molecular formula is C15H21NO3S. The van der Waals surface area contributed by atoms with Gasteiger partial charge in [-0.2, -0.15) is 0 Å². The van der Waals surface area contributed by atoms with Crippen molar-refractivity contribution in [3.8, 4) is 0 Å². The second-order valence-electron chi connectivity index (χ2n) is 5.33. The minimum atomic E-state index is -0.892. The maximum atomic E-state index is 11.4. The standard InChI is InChI=1S/C15H21NO3S/c1-9-7-10(2)16-14(13(9)15(17)18)20-12-6-4-5-11(8-12)19-3/h7,11-12H,4-6,8H2,1-3H3,(H,17,18). The summed E-state index contributed by atoms with van der Waals surface area (Å²) in [6, 6.07) is 1.83. The van der Waals surface area contributed by atoms with Crippen LogP contribution in [0.25, 0.3) is 0 Å². The number of carbonyl (C=O) groups is 1. The molecule has 1 aliphatic rings. The van der Waals surface area contributed by atoms with Crippen molar-refractivity contribution >= 4 is 17.7 Å². The molecule has 110 valence electrons. The molecule has 1 saturated carbocycles. The zero-order valence-electron chi connectivity index (χ0n) is 12.2. The van der Waals surface area contributed by atoms with E-state index in [4.69, 9.17) is 4.74 Å². The molecule has 1 heterocycles. The molecule has 0 saturated heterocycles. The van der Waals surface area contributed by atoms with Gasteiger partial charge in [0.2, 0.25) is 0 Å². The predicted octanol–water partition coefficient (Wildman–Crippen LogP) is 3.45. The first-order valence-corrected chi connectivity index (χ1v) is 7.80. The van der Waals surface area contributed by atoms with Crippen LogP contribution in [-0.2, 0) is 4.74 Å². The number of aromatic carboxylic acids is 1. The van der Waals surface area contributed by atoms with E-state index in [1.807, 2.05) is 19.9 Å². The van der Waals surface area contributed by atoms with Crippen LogP contribution in [0.2, 0.25) is 0 Å². The Hall–Kier alpha value is -1.07. The SMILES string of the molecule is COC1CCCC(Sc2nc(C)cc(C)c2C(=O)O)C1. The third-order valence-electron chi connectivity index (χ3n) is 3.71. The van der Waals surface area contributed by atoms with Crippen molar-refractivity contribution in [2.45, 2.75) is 55.9 Å². The van der Waals surface area contributed by atoms with Crippen LogP contribution in [0, 0.1) is 13.8 Å². The molecule has 0 aromatic carbocycles. The first-order chi connectivity index (χ1) is 9.51. The van der Waals surface area contributed by atoms with Crippen molar-refractivity contribution < 1.29 is 14.6 Å². The first-order valence-electron chi connectivity index (χ1n) is 6.92. The minimum Gasteiger partial charge on any atom is -0.478 e. The number of carboxylic acids is 1. The van der Waals surface area contributed by atoms with Crippen LogP contribution in [-0.4, -0.2) is 34.5 Å². The van der Waals surface area contributed by atoms with Gasteiger partial charge in [0.1, 0.15) is 5.03 Å². The highest BCUT2D eigenvalue weighted by Crippen LogP contribution is 2.36. The van der Waals surface area contributed by atoms with Gasteiger partial charge >= 0.3 is 5.97 Å². The van der Waals surface area contributed by atoms with Crippen LogP contribution in [0.4, 0.5) is 0 Å². The zero-order chi connectivity index (χ0) is 14.7. The van der Waals surface area contributed by atoms with Gasteiger partial charge < -0.3 is 9.84 Å². The van der Waals surface area contributed by atoms with E-state index in [0.29, 0.717) is 21.9 Å². The molecule has 2 unspecified atom stereocenters. The van der Waals surface area contributed by atoms with E-state index in [9.17, 15) is 9.90 Å². The Balaban J connectivity index is 2.22. The molecule has 0 aliphatic heterocycles. The Kier molecular flexibility index (Phi) is 5.05. The second-order valence-corrected chi connectivity index (χ2v) is 6.62. The number of rotatable bonds is 4.